The summed E-state index contributed by atoms with van der Waals surface area (Å²) in [5.41, 5.74) is 2.28. The minimum Gasteiger partial charge on any atom is -0.354 e. The molecule has 1 atom stereocenters. The van der Waals surface area contributed by atoms with Crippen LogP contribution in [-0.2, 0) is 26.2 Å². The monoisotopic (exact) mass is 551 g/mol. The molecule has 0 radical (unpaired) electrons. The van der Waals surface area contributed by atoms with Gasteiger partial charge in [0, 0.05) is 17.6 Å². The Labute approximate surface area is 211 Å². The van der Waals surface area contributed by atoms with Crippen molar-refractivity contribution in [2.75, 3.05) is 23.7 Å². The van der Waals surface area contributed by atoms with Gasteiger partial charge in [0.05, 0.1) is 11.9 Å². The Balaban J connectivity index is 2.42. The predicted molar refractivity (Wildman–Crippen MR) is 140 cm³/mol. The average molecular weight is 553 g/mol. The Hall–Kier alpha value is -2.39. The van der Waals surface area contributed by atoms with Gasteiger partial charge in [-0.25, -0.2) is 8.42 Å². The number of halogens is 1. The van der Waals surface area contributed by atoms with Gasteiger partial charge in [0.2, 0.25) is 21.8 Å². The standard InChI is InChI=1S/C25H34BrN3O4S/c1-6-23(25(31)27-15-18(2)3)28(16-20-10-7-9-19(4)13-20)24(30)17-29(34(5,32)33)22-12-8-11-21(26)14-22/h7-14,18,23H,6,15-17H2,1-5H3,(H,27,31)/t23-/m1/s1. The molecule has 34 heavy (non-hydrogen) atoms. The summed E-state index contributed by atoms with van der Waals surface area (Å²) in [5.74, 6) is -0.427. The van der Waals surface area contributed by atoms with Crippen LogP contribution >= 0.6 is 15.9 Å². The van der Waals surface area contributed by atoms with Crippen LogP contribution in [0.4, 0.5) is 5.69 Å². The van der Waals surface area contributed by atoms with E-state index in [-0.39, 0.29) is 18.4 Å². The molecule has 0 aliphatic carbocycles. The number of sulfonamides is 1. The van der Waals surface area contributed by atoms with Gasteiger partial charge in [-0.1, -0.05) is 72.6 Å². The second-order valence-electron chi connectivity index (χ2n) is 8.82. The van der Waals surface area contributed by atoms with Crippen LogP contribution in [0, 0.1) is 12.8 Å². The quantitative estimate of drug-likeness (QED) is 0.455. The van der Waals surface area contributed by atoms with Crippen molar-refractivity contribution in [3.63, 3.8) is 0 Å². The number of nitrogens with one attached hydrogen (secondary N) is 1. The Morgan fingerprint density at radius 3 is 2.32 bits per heavy atom. The number of carbonyl (C=O) groups excluding carboxylic acids is 2. The number of benzene rings is 2. The molecule has 7 nitrogen and oxygen atoms in total. The molecule has 2 rings (SSSR count). The number of nitrogens with zero attached hydrogens (tertiary/aromatic N) is 2. The molecule has 1 N–H and O–H groups in total. The van der Waals surface area contributed by atoms with Crippen LogP contribution in [0.3, 0.4) is 0 Å². The molecule has 2 aromatic rings. The molecule has 0 fully saturated rings. The van der Waals surface area contributed by atoms with Gasteiger partial charge < -0.3 is 10.2 Å². The third-order valence-corrected chi connectivity index (χ3v) is 6.92. The molecule has 186 valence electrons. The summed E-state index contributed by atoms with van der Waals surface area (Å²) < 4.78 is 27.0. The van der Waals surface area contributed by atoms with E-state index in [1.54, 1.807) is 24.3 Å². The smallest absolute Gasteiger partial charge is 0.244 e. The first kappa shape index (κ1) is 27.9. The first-order valence-electron chi connectivity index (χ1n) is 11.3. The topological polar surface area (TPSA) is 86.8 Å². The molecule has 0 unspecified atom stereocenters. The van der Waals surface area contributed by atoms with Crippen LogP contribution in [0.15, 0.2) is 53.0 Å². The van der Waals surface area contributed by atoms with Crippen LogP contribution in [-0.4, -0.2) is 50.5 Å². The summed E-state index contributed by atoms with van der Waals surface area (Å²) in [6.07, 6.45) is 1.47. The largest absolute Gasteiger partial charge is 0.354 e. The summed E-state index contributed by atoms with van der Waals surface area (Å²) in [7, 11) is -3.75. The van der Waals surface area contributed by atoms with E-state index in [1.165, 1.54) is 4.90 Å². The van der Waals surface area contributed by atoms with Gasteiger partial charge in [-0.15, -0.1) is 0 Å². The fraction of sp³-hybridized carbons (Fsp3) is 0.440. The number of aryl methyl sites for hydroxylation is 1. The zero-order valence-electron chi connectivity index (χ0n) is 20.4. The molecule has 0 heterocycles. The van der Waals surface area contributed by atoms with Crippen molar-refractivity contribution < 1.29 is 18.0 Å². The predicted octanol–water partition coefficient (Wildman–Crippen LogP) is 4.10. The summed E-state index contributed by atoms with van der Waals surface area (Å²) in [6.45, 7) is 8.09. The first-order chi connectivity index (χ1) is 15.9. The number of amides is 2. The zero-order valence-corrected chi connectivity index (χ0v) is 22.8. The molecular weight excluding hydrogens is 518 g/mol. The van der Waals surface area contributed by atoms with Gasteiger partial charge >= 0.3 is 0 Å². The summed E-state index contributed by atoms with van der Waals surface area (Å²) in [4.78, 5) is 28.1. The van der Waals surface area contributed by atoms with Crippen molar-refractivity contribution in [2.24, 2.45) is 5.92 Å². The van der Waals surface area contributed by atoms with E-state index in [1.807, 2.05) is 52.0 Å². The maximum Gasteiger partial charge on any atom is 0.244 e. The molecule has 2 aromatic carbocycles. The number of carbonyl (C=O) groups is 2. The van der Waals surface area contributed by atoms with Crippen molar-refractivity contribution >= 4 is 43.5 Å². The van der Waals surface area contributed by atoms with Gasteiger partial charge in [0.15, 0.2) is 0 Å². The third-order valence-electron chi connectivity index (χ3n) is 5.28. The Morgan fingerprint density at radius 2 is 1.76 bits per heavy atom. The Bertz CT molecular complexity index is 1100. The average Bonchev–Trinajstić information content (AvgIpc) is 2.75. The molecule has 2 amide bonds. The lowest BCUT2D eigenvalue weighted by Gasteiger charge is -2.33. The molecule has 0 saturated heterocycles. The van der Waals surface area contributed by atoms with Gasteiger partial charge in [-0.05, 0) is 43.0 Å². The number of hydrogen-bond donors (Lipinski definition) is 1. The molecule has 0 aliphatic heterocycles. The van der Waals surface area contributed by atoms with Crippen LogP contribution in [0.2, 0.25) is 0 Å². The fourth-order valence-electron chi connectivity index (χ4n) is 3.59. The summed E-state index contributed by atoms with van der Waals surface area (Å²) in [6, 6.07) is 13.8. The van der Waals surface area contributed by atoms with E-state index in [9.17, 15) is 18.0 Å². The van der Waals surface area contributed by atoms with Crippen molar-refractivity contribution in [1.82, 2.24) is 10.2 Å². The van der Waals surface area contributed by atoms with Crippen molar-refractivity contribution in [1.29, 1.82) is 0 Å². The van der Waals surface area contributed by atoms with E-state index in [2.05, 4.69) is 21.2 Å². The molecule has 0 aliphatic rings. The maximum absolute atomic E-state index is 13.6. The van der Waals surface area contributed by atoms with Crippen LogP contribution in [0.25, 0.3) is 0 Å². The highest BCUT2D eigenvalue weighted by atomic mass is 79.9. The Morgan fingerprint density at radius 1 is 1.09 bits per heavy atom. The normalized spacial score (nSPS) is 12.3. The highest BCUT2D eigenvalue weighted by molar-refractivity contribution is 9.10. The molecule has 0 bridgehead atoms. The van der Waals surface area contributed by atoms with E-state index in [0.29, 0.717) is 23.1 Å². The van der Waals surface area contributed by atoms with Gasteiger partial charge in [-0.3, -0.25) is 13.9 Å². The van der Waals surface area contributed by atoms with Crippen LogP contribution in [0.5, 0.6) is 0 Å². The number of hydrogen-bond acceptors (Lipinski definition) is 4. The SMILES string of the molecule is CC[C@H](C(=O)NCC(C)C)N(Cc1cccc(C)c1)C(=O)CN(c1cccc(Br)c1)S(C)(=O)=O. The maximum atomic E-state index is 13.6. The van der Waals surface area contributed by atoms with Crippen molar-refractivity contribution in [3.8, 4) is 0 Å². The minimum atomic E-state index is -3.75. The first-order valence-corrected chi connectivity index (χ1v) is 13.9. The lowest BCUT2D eigenvalue weighted by atomic mass is 10.1. The molecular formula is C25H34BrN3O4S. The van der Waals surface area contributed by atoms with Crippen LogP contribution < -0.4 is 9.62 Å². The van der Waals surface area contributed by atoms with Crippen LogP contribution in [0.1, 0.15) is 38.3 Å². The van der Waals surface area contributed by atoms with Gasteiger partial charge in [0.25, 0.3) is 0 Å². The third kappa shape index (κ3) is 8.13. The van der Waals surface area contributed by atoms with E-state index < -0.39 is 28.5 Å². The lowest BCUT2D eigenvalue weighted by molar-refractivity contribution is -0.140. The highest BCUT2D eigenvalue weighted by Gasteiger charge is 2.31. The lowest BCUT2D eigenvalue weighted by Crippen LogP contribution is -2.52. The fourth-order valence-corrected chi connectivity index (χ4v) is 4.82. The van der Waals surface area contributed by atoms with Gasteiger partial charge in [-0.2, -0.15) is 0 Å². The van der Waals surface area contributed by atoms with Crippen molar-refractivity contribution in [2.45, 2.75) is 46.7 Å². The van der Waals surface area contributed by atoms with Gasteiger partial charge in [0.1, 0.15) is 12.6 Å². The molecule has 9 heteroatoms. The second kappa shape index (κ2) is 12.4. The second-order valence-corrected chi connectivity index (χ2v) is 11.6. The van der Waals surface area contributed by atoms with E-state index in [4.69, 9.17) is 0 Å². The molecule has 0 spiro atoms. The Kier molecular flexibility index (Phi) is 10.1. The number of rotatable bonds is 11. The van der Waals surface area contributed by atoms with E-state index >= 15 is 0 Å². The zero-order chi connectivity index (χ0) is 25.5. The summed E-state index contributed by atoms with van der Waals surface area (Å²) in [5, 5.41) is 2.92. The minimum absolute atomic E-state index is 0.199. The highest BCUT2D eigenvalue weighted by Crippen LogP contribution is 2.23. The number of anilines is 1. The van der Waals surface area contributed by atoms with Crippen molar-refractivity contribution in [3.05, 3.63) is 64.1 Å². The molecule has 0 aromatic heterocycles. The summed E-state index contributed by atoms with van der Waals surface area (Å²) >= 11 is 3.36. The van der Waals surface area contributed by atoms with E-state index in [0.717, 1.165) is 21.7 Å². The molecule has 0 saturated carbocycles.